The molecular weight excluding hydrogens is 188 g/mol. The SMILES string of the molecule is C=C/C=C(\C)N=C1CN(CC)C(=O)C1=C. The number of nitrogens with zero attached hydrogens (tertiary/aromatic N) is 2. The molecule has 15 heavy (non-hydrogen) atoms. The molecule has 0 unspecified atom stereocenters. The van der Waals surface area contributed by atoms with Crippen LogP contribution in [0.3, 0.4) is 0 Å². The summed E-state index contributed by atoms with van der Waals surface area (Å²) in [5.41, 5.74) is 2.11. The summed E-state index contributed by atoms with van der Waals surface area (Å²) in [7, 11) is 0. The topological polar surface area (TPSA) is 32.7 Å². The first-order valence-corrected chi connectivity index (χ1v) is 4.95. The van der Waals surface area contributed by atoms with Crippen LogP contribution in [-0.2, 0) is 4.79 Å². The zero-order chi connectivity index (χ0) is 11.4. The molecule has 1 fully saturated rings. The molecule has 1 aliphatic rings. The van der Waals surface area contributed by atoms with E-state index in [1.54, 1.807) is 17.1 Å². The number of hydrogen-bond donors (Lipinski definition) is 0. The Morgan fingerprint density at radius 3 is 2.80 bits per heavy atom. The number of carbonyl (C=O) groups is 1. The van der Waals surface area contributed by atoms with Gasteiger partial charge in [0, 0.05) is 12.2 Å². The number of aliphatic imine (C=N–C) groups is 1. The zero-order valence-corrected chi connectivity index (χ0v) is 9.29. The van der Waals surface area contributed by atoms with Gasteiger partial charge in [0.2, 0.25) is 0 Å². The van der Waals surface area contributed by atoms with Crippen molar-refractivity contribution in [3.8, 4) is 0 Å². The van der Waals surface area contributed by atoms with Crippen LogP contribution in [0.25, 0.3) is 0 Å². The van der Waals surface area contributed by atoms with Crippen LogP contribution in [0.4, 0.5) is 0 Å². The van der Waals surface area contributed by atoms with Gasteiger partial charge in [-0.25, -0.2) is 0 Å². The molecule has 0 aromatic carbocycles. The minimum Gasteiger partial charge on any atom is -0.333 e. The first kappa shape index (κ1) is 11.4. The average molecular weight is 204 g/mol. The molecule has 0 spiro atoms. The molecule has 0 aromatic heterocycles. The van der Waals surface area contributed by atoms with Gasteiger partial charge in [-0.15, -0.1) is 0 Å². The first-order valence-electron chi connectivity index (χ1n) is 4.95. The lowest BCUT2D eigenvalue weighted by Crippen LogP contribution is -2.24. The summed E-state index contributed by atoms with van der Waals surface area (Å²) in [6.45, 7) is 12.4. The molecule has 1 rings (SSSR count). The zero-order valence-electron chi connectivity index (χ0n) is 9.29. The highest BCUT2D eigenvalue weighted by Crippen LogP contribution is 2.14. The second-order valence-corrected chi connectivity index (χ2v) is 3.40. The molecule has 1 aliphatic heterocycles. The number of hydrogen-bond acceptors (Lipinski definition) is 2. The Balaban J connectivity index is 2.91. The Bertz CT molecular complexity index is 364. The van der Waals surface area contributed by atoms with Gasteiger partial charge in [0.1, 0.15) is 0 Å². The maximum absolute atomic E-state index is 11.6. The molecule has 0 saturated carbocycles. The Kier molecular flexibility index (Phi) is 3.61. The molecule has 1 heterocycles. The Morgan fingerprint density at radius 2 is 2.33 bits per heavy atom. The van der Waals surface area contributed by atoms with Gasteiger partial charge < -0.3 is 4.90 Å². The highest BCUT2D eigenvalue weighted by molar-refractivity contribution is 6.26. The van der Waals surface area contributed by atoms with E-state index in [-0.39, 0.29) is 5.91 Å². The Morgan fingerprint density at radius 1 is 1.67 bits per heavy atom. The Labute approximate surface area is 90.5 Å². The van der Waals surface area contributed by atoms with E-state index >= 15 is 0 Å². The van der Waals surface area contributed by atoms with E-state index in [0.29, 0.717) is 18.7 Å². The third-order valence-electron chi connectivity index (χ3n) is 2.29. The number of likely N-dealkylation sites (N-methyl/N-ethyl adjacent to an activating group) is 1. The van der Waals surface area contributed by atoms with E-state index in [1.807, 2.05) is 13.8 Å². The smallest absolute Gasteiger partial charge is 0.255 e. The van der Waals surface area contributed by atoms with Gasteiger partial charge in [0.15, 0.2) is 0 Å². The number of allylic oxidation sites excluding steroid dienone is 3. The third-order valence-corrected chi connectivity index (χ3v) is 2.29. The van der Waals surface area contributed by atoms with Crippen molar-refractivity contribution in [1.82, 2.24) is 4.90 Å². The van der Waals surface area contributed by atoms with Gasteiger partial charge in [-0.3, -0.25) is 9.79 Å². The van der Waals surface area contributed by atoms with E-state index in [4.69, 9.17) is 0 Å². The first-order chi connectivity index (χ1) is 7.10. The molecule has 0 bridgehead atoms. The summed E-state index contributed by atoms with van der Waals surface area (Å²) >= 11 is 0. The van der Waals surface area contributed by atoms with Crippen LogP contribution in [-0.4, -0.2) is 29.6 Å². The molecule has 80 valence electrons. The minimum absolute atomic E-state index is 0.0114. The quantitative estimate of drug-likeness (QED) is 0.510. The van der Waals surface area contributed by atoms with Crippen LogP contribution in [0.15, 0.2) is 41.6 Å². The maximum atomic E-state index is 11.6. The number of likely N-dealkylation sites (tertiary alicyclic amines) is 1. The lowest BCUT2D eigenvalue weighted by atomic mass is 10.2. The van der Waals surface area contributed by atoms with Crippen molar-refractivity contribution < 1.29 is 4.79 Å². The van der Waals surface area contributed by atoms with E-state index in [1.165, 1.54) is 0 Å². The van der Waals surface area contributed by atoms with Gasteiger partial charge in [0.05, 0.1) is 17.8 Å². The van der Waals surface area contributed by atoms with Crippen molar-refractivity contribution in [2.24, 2.45) is 4.99 Å². The fraction of sp³-hybridized carbons (Fsp3) is 0.333. The fourth-order valence-corrected chi connectivity index (χ4v) is 1.44. The molecule has 1 saturated heterocycles. The van der Waals surface area contributed by atoms with E-state index in [0.717, 1.165) is 11.4 Å². The highest BCUT2D eigenvalue weighted by atomic mass is 16.2. The van der Waals surface area contributed by atoms with E-state index in [2.05, 4.69) is 18.2 Å². The lowest BCUT2D eigenvalue weighted by molar-refractivity contribution is -0.124. The minimum atomic E-state index is -0.0114. The van der Waals surface area contributed by atoms with E-state index < -0.39 is 0 Å². The molecule has 0 atom stereocenters. The lowest BCUT2D eigenvalue weighted by Gasteiger charge is -2.09. The van der Waals surface area contributed by atoms with Crippen LogP contribution in [0.5, 0.6) is 0 Å². The normalized spacial score (nSPS) is 20.3. The van der Waals surface area contributed by atoms with Gasteiger partial charge >= 0.3 is 0 Å². The van der Waals surface area contributed by atoms with Crippen molar-refractivity contribution in [1.29, 1.82) is 0 Å². The van der Waals surface area contributed by atoms with Crippen LogP contribution in [0.1, 0.15) is 13.8 Å². The summed E-state index contributed by atoms with van der Waals surface area (Å²) in [5, 5.41) is 0. The molecule has 0 aliphatic carbocycles. The van der Waals surface area contributed by atoms with Gasteiger partial charge in [0.25, 0.3) is 5.91 Å². The molecule has 0 radical (unpaired) electrons. The number of amides is 1. The monoisotopic (exact) mass is 204 g/mol. The van der Waals surface area contributed by atoms with Gasteiger partial charge in [-0.2, -0.15) is 0 Å². The molecule has 3 nitrogen and oxygen atoms in total. The van der Waals surface area contributed by atoms with E-state index in [9.17, 15) is 4.79 Å². The summed E-state index contributed by atoms with van der Waals surface area (Å²) in [4.78, 5) is 17.7. The summed E-state index contributed by atoms with van der Waals surface area (Å²) in [6.07, 6.45) is 3.48. The second-order valence-electron chi connectivity index (χ2n) is 3.40. The number of carbonyl (C=O) groups excluding carboxylic acids is 1. The van der Waals surface area contributed by atoms with Crippen molar-refractivity contribution in [2.45, 2.75) is 13.8 Å². The molecule has 3 heteroatoms. The standard InChI is InChI=1S/C12H16N2O/c1-5-7-9(3)13-11-8-14(6-2)12(15)10(11)4/h5,7H,1,4,6,8H2,2-3H3/b9-7+,13-11?. The summed E-state index contributed by atoms with van der Waals surface area (Å²) in [6, 6.07) is 0. The van der Waals surface area contributed by atoms with Crippen molar-refractivity contribution in [3.05, 3.63) is 36.6 Å². The van der Waals surface area contributed by atoms with Crippen LogP contribution in [0, 0.1) is 0 Å². The summed E-state index contributed by atoms with van der Waals surface area (Å²) in [5.74, 6) is -0.0114. The second kappa shape index (κ2) is 4.73. The maximum Gasteiger partial charge on any atom is 0.255 e. The van der Waals surface area contributed by atoms with Crippen LogP contribution >= 0.6 is 0 Å². The Hall–Kier alpha value is -1.64. The molecule has 0 N–H and O–H groups in total. The van der Waals surface area contributed by atoms with Crippen LogP contribution < -0.4 is 0 Å². The predicted molar refractivity (Wildman–Crippen MR) is 62.8 cm³/mol. The fourth-order valence-electron chi connectivity index (χ4n) is 1.44. The molecule has 1 amide bonds. The van der Waals surface area contributed by atoms with Crippen molar-refractivity contribution in [2.75, 3.05) is 13.1 Å². The third kappa shape index (κ3) is 2.43. The van der Waals surface area contributed by atoms with Gasteiger partial charge in [-0.05, 0) is 19.9 Å². The average Bonchev–Trinajstić information content (AvgIpc) is 2.46. The van der Waals surface area contributed by atoms with Gasteiger partial charge in [-0.1, -0.05) is 19.2 Å². The van der Waals surface area contributed by atoms with Crippen molar-refractivity contribution in [3.63, 3.8) is 0 Å². The molecular formula is C12H16N2O. The molecule has 0 aromatic rings. The van der Waals surface area contributed by atoms with Crippen LogP contribution in [0.2, 0.25) is 0 Å². The number of rotatable bonds is 3. The summed E-state index contributed by atoms with van der Waals surface area (Å²) < 4.78 is 0. The predicted octanol–water partition coefficient (Wildman–Crippen LogP) is 1.94. The van der Waals surface area contributed by atoms with Crippen molar-refractivity contribution >= 4 is 11.6 Å². The highest BCUT2D eigenvalue weighted by Gasteiger charge is 2.28. The largest absolute Gasteiger partial charge is 0.333 e.